The summed E-state index contributed by atoms with van der Waals surface area (Å²) in [5, 5.41) is 23.0. The van der Waals surface area contributed by atoms with Crippen molar-refractivity contribution in [1.29, 1.82) is 0 Å². The van der Waals surface area contributed by atoms with Crippen molar-refractivity contribution in [2.75, 3.05) is 13.2 Å². The van der Waals surface area contributed by atoms with Gasteiger partial charge in [0.15, 0.2) is 0 Å². The maximum atomic E-state index is 12.4. The third kappa shape index (κ3) is 55.0. The van der Waals surface area contributed by atoms with Gasteiger partial charge in [0.2, 0.25) is 5.91 Å². The molecule has 69 heavy (non-hydrogen) atoms. The monoisotopic (exact) mass is 968 g/mol. The van der Waals surface area contributed by atoms with Gasteiger partial charge in [0, 0.05) is 12.8 Å². The summed E-state index contributed by atoms with van der Waals surface area (Å²) in [6.45, 7) is 4.85. The Morgan fingerprint density at radius 3 is 1.16 bits per heavy atom. The van der Waals surface area contributed by atoms with Gasteiger partial charge in [-0.1, -0.05) is 268 Å². The molecule has 0 spiro atoms. The molecule has 0 fully saturated rings. The lowest BCUT2D eigenvalue weighted by Crippen LogP contribution is -2.45. The van der Waals surface area contributed by atoms with E-state index < -0.39 is 12.1 Å². The van der Waals surface area contributed by atoms with E-state index in [9.17, 15) is 19.8 Å². The van der Waals surface area contributed by atoms with Gasteiger partial charge in [-0.2, -0.15) is 0 Å². The first kappa shape index (κ1) is 66.8. The standard InChI is InChI=1S/C63H117NO5/c1-3-5-7-9-11-13-15-16-33-37-41-45-49-53-57-63(68)69-58-54-50-46-42-38-34-31-29-27-25-23-21-19-17-18-20-22-24-26-28-30-32-36-40-44-48-52-56-62(67)64-60(59-65)61(66)55-51-47-43-39-35-14-12-10-8-6-4-2/h9,11,15-18,51,55,60-61,65-66H,3-8,10,12-14,19-50,52-54,56-59H2,1-2H3,(H,64,67)/b11-9-,16-15-,18-17-,55-51+. The van der Waals surface area contributed by atoms with E-state index in [-0.39, 0.29) is 18.5 Å². The van der Waals surface area contributed by atoms with Crippen LogP contribution in [0.15, 0.2) is 48.6 Å². The molecule has 0 aliphatic carbocycles. The molecule has 0 saturated heterocycles. The highest BCUT2D eigenvalue weighted by Gasteiger charge is 2.18. The third-order valence-corrected chi connectivity index (χ3v) is 13.8. The number of unbranched alkanes of at least 4 members (excludes halogenated alkanes) is 39. The number of hydrogen-bond acceptors (Lipinski definition) is 5. The molecule has 0 aromatic carbocycles. The van der Waals surface area contributed by atoms with Crippen molar-refractivity contribution >= 4 is 11.9 Å². The van der Waals surface area contributed by atoms with Crippen LogP contribution in [0, 0.1) is 0 Å². The van der Waals surface area contributed by atoms with Gasteiger partial charge in [0.1, 0.15) is 0 Å². The van der Waals surface area contributed by atoms with E-state index in [1.165, 1.54) is 238 Å². The third-order valence-electron chi connectivity index (χ3n) is 13.8. The van der Waals surface area contributed by atoms with Crippen molar-refractivity contribution in [1.82, 2.24) is 5.32 Å². The molecular weight excluding hydrogens is 851 g/mol. The van der Waals surface area contributed by atoms with Crippen LogP contribution in [0.4, 0.5) is 0 Å². The Morgan fingerprint density at radius 2 is 0.739 bits per heavy atom. The number of amides is 1. The molecular formula is C63H117NO5. The van der Waals surface area contributed by atoms with Gasteiger partial charge in [-0.05, 0) is 83.5 Å². The van der Waals surface area contributed by atoms with Crippen molar-refractivity contribution < 1.29 is 24.5 Å². The van der Waals surface area contributed by atoms with Crippen LogP contribution in [0.5, 0.6) is 0 Å². The second-order valence-electron chi connectivity index (χ2n) is 20.7. The number of carbonyl (C=O) groups excluding carboxylic acids is 2. The van der Waals surface area contributed by atoms with Gasteiger partial charge in [-0.3, -0.25) is 9.59 Å². The van der Waals surface area contributed by atoms with E-state index in [1.807, 2.05) is 6.08 Å². The SMILES string of the molecule is CCCC/C=C\C/C=C\CCCCCCCC(=O)OCCCCCCCCCCCCCC/C=C\CCCCCCCCCCCCCC(=O)NC(CO)C(O)/C=C/CCCCCCCCCCC. The Bertz CT molecular complexity index is 1160. The van der Waals surface area contributed by atoms with E-state index >= 15 is 0 Å². The smallest absolute Gasteiger partial charge is 0.305 e. The zero-order chi connectivity index (χ0) is 50.0. The Hall–Kier alpha value is -2.18. The first-order chi connectivity index (χ1) is 34.0. The molecule has 2 atom stereocenters. The number of nitrogens with one attached hydrogen (secondary N) is 1. The van der Waals surface area contributed by atoms with Crippen molar-refractivity contribution in [3.05, 3.63) is 48.6 Å². The second-order valence-corrected chi connectivity index (χ2v) is 20.7. The van der Waals surface area contributed by atoms with E-state index in [4.69, 9.17) is 4.74 Å². The summed E-state index contributed by atoms with van der Waals surface area (Å²) in [5.41, 5.74) is 0. The summed E-state index contributed by atoms with van der Waals surface area (Å²) >= 11 is 0. The quantitative estimate of drug-likeness (QED) is 0.0321. The molecule has 0 saturated carbocycles. The first-order valence-electron chi connectivity index (χ1n) is 30.4. The highest BCUT2D eigenvalue weighted by Crippen LogP contribution is 2.16. The van der Waals surface area contributed by atoms with Crippen molar-refractivity contribution in [3.8, 4) is 0 Å². The second kappa shape index (κ2) is 58.4. The van der Waals surface area contributed by atoms with Crippen LogP contribution in [-0.2, 0) is 14.3 Å². The number of carbonyl (C=O) groups is 2. The molecule has 3 N–H and O–H groups in total. The average molecular weight is 969 g/mol. The van der Waals surface area contributed by atoms with Gasteiger partial charge in [-0.15, -0.1) is 0 Å². The Labute approximate surface area is 429 Å². The lowest BCUT2D eigenvalue weighted by molar-refractivity contribution is -0.143. The lowest BCUT2D eigenvalue weighted by atomic mass is 10.0. The Kier molecular flexibility index (Phi) is 56.5. The fourth-order valence-corrected chi connectivity index (χ4v) is 9.12. The number of esters is 1. The summed E-state index contributed by atoms with van der Waals surface area (Å²) < 4.78 is 5.47. The number of hydrogen-bond donors (Lipinski definition) is 3. The number of allylic oxidation sites excluding steroid dienone is 7. The van der Waals surface area contributed by atoms with Crippen LogP contribution >= 0.6 is 0 Å². The van der Waals surface area contributed by atoms with Gasteiger partial charge < -0.3 is 20.3 Å². The molecule has 0 aromatic heterocycles. The van der Waals surface area contributed by atoms with Crippen LogP contribution < -0.4 is 5.32 Å². The molecule has 0 rings (SSSR count). The normalized spacial score (nSPS) is 12.9. The molecule has 6 heteroatoms. The van der Waals surface area contributed by atoms with E-state index in [0.717, 1.165) is 51.4 Å². The van der Waals surface area contributed by atoms with Gasteiger partial charge in [0.25, 0.3) is 0 Å². The van der Waals surface area contributed by atoms with E-state index in [2.05, 4.69) is 55.6 Å². The molecule has 0 aromatic rings. The summed E-state index contributed by atoms with van der Waals surface area (Å²) in [5.74, 6) is -0.0707. The van der Waals surface area contributed by atoms with Gasteiger partial charge in [0.05, 0.1) is 25.4 Å². The maximum Gasteiger partial charge on any atom is 0.305 e. The summed E-state index contributed by atoms with van der Waals surface area (Å²) in [6.07, 6.45) is 74.4. The zero-order valence-corrected chi connectivity index (χ0v) is 46.0. The average Bonchev–Trinajstić information content (AvgIpc) is 3.35. The summed E-state index contributed by atoms with van der Waals surface area (Å²) in [7, 11) is 0. The van der Waals surface area contributed by atoms with Crippen LogP contribution in [0.1, 0.15) is 316 Å². The number of ether oxygens (including phenoxy) is 1. The van der Waals surface area contributed by atoms with Crippen molar-refractivity contribution in [2.45, 2.75) is 328 Å². The van der Waals surface area contributed by atoms with Gasteiger partial charge >= 0.3 is 5.97 Å². The minimum absolute atomic E-state index is 0.000471. The topological polar surface area (TPSA) is 95.9 Å². The van der Waals surface area contributed by atoms with Crippen LogP contribution in [-0.4, -0.2) is 47.4 Å². The molecule has 1 amide bonds. The molecule has 404 valence electrons. The highest BCUT2D eigenvalue weighted by atomic mass is 16.5. The van der Waals surface area contributed by atoms with Crippen LogP contribution in [0.2, 0.25) is 0 Å². The molecule has 0 bridgehead atoms. The zero-order valence-electron chi connectivity index (χ0n) is 46.0. The molecule has 0 aliphatic heterocycles. The molecule has 0 heterocycles. The maximum absolute atomic E-state index is 12.4. The van der Waals surface area contributed by atoms with E-state index in [1.54, 1.807) is 6.08 Å². The highest BCUT2D eigenvalue weighted by molar-refractivity contribution is 5.76. The molecule has 0 aliphatic rings. The Morgan fingerprint density at radius 1 is 0.406 bits per heavy atom. The van der Waals surface area contributed by atoms with Crippen molar-refractivity contribution in [2.24, 2.45) is 0 Å². The minimum atomic E-state index is -0.844. The predicted molar refractivity (Wildman–Crippen MR) is 301 cm³/mol. The summed E-state index contributed by atoms with van der Waals surface area (Å²) in [4.78, 5) is 24.5. The number of aliphatic hydroxyl groups excluding tert-OH is 2. The van der Waals surface area contributed by atoms with Gasteiger partial charge in [-0.25, -0.2) is 0 Å². The lowest BCUT2D eigenvalue weighted by Gasteiger charge is -2.20. The van der Waals surface area contributed by atoms with E-state index in [0.29, 0.717) is 19.4 Å². The molecule has 2 unspecified atom stereocenters. The van der Waals surface area contributed by atoms with Crippen molar-refractivity contribution in [3.63, 3.8) is 0 Å². The first-order valence-corrected chi connectivity index (χ1v) is 30.4. The fourth-order valence-electron chi connectivity index (χ4n) is 9.12. The fraction of sp³-hybridized carbons (Fsp3) is 0.841. The van der Waals surface area contributed by atoms with Crippen LogP contribution in [0.25, 0.3) is 0 Å². The van der Waals surface area contributed by atoms with Crippen LogP contribution in [0.3, 0.4) is 0 Å². The summed E-state index contributed by atoms with van der Waals surface area (Å²) in [6, 6.07) is -0.627. The largest absolute Gasteiger partial charge is 0.466 e. The molecule has 0 radical (unpaired) electrons. The number of rotatable bonds is 56. The molecule has 6 nitrogen and oxygen atoms in total. The minimum Gasteiger partial charge on any atom is -0.466 e. The number of aliphatic hydroxyl groups is 2. The predicted octanol–water partition coefficient (Wildman–Crippen LogP) is 19.0. The Balaban J connectivity index is 3.39.